The molecule has 0 aromatic heterocycles. The Balaban J connectivity index is 4.23. The maximum Gasteiger partial charge on any atom is 0.306 e. The molecule has 6 heteroatoms. The molecule has 0 radical (unpaired) electrons. The number of carbonyl (C=O) groups excluding carboxylic acids is 3. The van der Waals surface area contributed by atoms with Crippen molar-refractivity contribution in [2.75, 3.05) is 13.2 Å². The summed E-state index contributed by atoms with van der Waals surface area (Å²) in [5.41, 5.74) is 0. The Morgan fingerprint density at radius 1 is 0.299 bits per heavy atom. The first kappa shape index (κ1) is 65.4. The molecule has 0 fully saturated rings. The number of ether oxygens (including phenoxy) is 3. The zero-order chi connectivity index (χ0) is 49.1. The van der Waals surface area contributed by atoms with Gasteiger partial charge in [0.2, 0.25) is 0 Å². The number of carbonyl (C=O) groups is 3. The fourth-order valence-electron chi connectivity index (χ4n) is 9.32. The fourth-order valence-corrected chi connectivity index (χ4v) is 9.32. The molecule has 0 aliphatic carbocycles. The Hall–Kier alpha value is -1.59. The van der Waals surface area contributed by atoms with E-state index in [1.807, 2.05) is 0 Å². The van der Waals surface area contributed by atoms with Crippen LogP contribution in [-0.2, 0) is 28.6 Å². The SMILES string of the molecule is CCC(C)CCCCCCCCCCCCCCCCCCCCC(=O)O[C@@H](COC(=O)CCCCCCCCCCCCCCCC(C)C)COC(=O)CCCCCCCCCCC(C)C. The lowest BCUT2D eigenvalue weighted by Gasteiger charge is -2.18. The van der Waals surface area contributed by atoms with E-state index in [0.29, 0.717) is 19.3 Å². The number of hydrogen-bond donors (Lipinski definition) is 0. The molecule has 398 valence electrons. The average molecular weight is 948 g/mol. The standard InChI is InChI=1S/C61H118O6/c1-7-57(6)49-43-37-31-24-20-16-12-10-8-9-11-13-17-22-26-34-40-46-52-61(64)67-58(54-66-60(63)51-45-39-33-28-27-30-36-42-48-56(4)5)53-65-59(62)50-44-38-32-25-21-18-14-15-19-23-29-35-41-47-55(2)3/h55-58H,7-54H2,1-6H3/t57?,58-/m0/s1. The molecule has 0 heterocycles. The molecular formula is C61H118O6. The summed E-state index contributed by atoms with van der Waals surface area (Å²) in [6, 6.07) is 0. The molecule has 6 nitrogen and oxygen atoms in total. The Morgan fingerprint density at radius 3 is 0.776 bits per heavy atom. The average Bonchev–Trinajstić information content (AvgIpc) is 3.30. The van der Waals surface area contributed by atoms with Crippen LogP contribution in [0, 0.1) is 17.8 Å². The molecule has 0 saturated carbocycles. The summed E-state index contributed by atoms with van der Waals surface area (Å²) < 4.78 is 16.9. The van der Waals surface area contributed by atoms with Crippen LogP contribution in [0.5, 0.6) is 0 Å². The van der Waals surface area contributed by atoms with Gasteiger partial charge < -0.3 is 14.2 Å². The Kier molecular flexibility index (Phi) is 51.0. The summed E-state index contributed by atoms with van der Waals surface area (Å²) in [6.45, 7) is 13.8. The molecule has 0 amide bonds. The first-order valence-corrected chi connectivity index (χ1v) is 30.1. The Labute approximate surface area is 418 Å². The van der Waals surface area contributed by atoms with Crippen LogP contribution in [0.1, 0.15) is 337 Å². The van der Waals surface area contributed by atoms with Crippen molar-refractivity contribution in [2.45, 2.75) is 343 Å². The quantitative estimate of drug-likeness (QED) is 0.0343. The number of unbranched alkanes of at least 4 members (excludes halogenated alkanes) is 36. The molecule has 0 aromatic rings. The summed E-state index contributed by atoms with van der Waals surface area (Å²) in [5.74, 6) is 1.70. The lowest BCUT2D eigenvalue weighted by Crippen LogP contribution is -2.30. The van der Waals surface area contributed by atoms with Crippen LogP contribution in [0.25, 0.3) is 0 Å². The van der Waals surface area contributed by atoms with E-state index in [1.165, 1.54) is 218 Å². The summed E-state index contributed by atoms with van der Waals surface area (Å²) >= 11 is 0. The third kappa shape index (κ3) is 53.6. The highest BCUT2D eigenvalue weighted by Gasteiger charge is 2.19. The van der Waals surface area contributed by atoms with Crippen molar-refractivity contribution in [3.63, 3.8) is 0 Å². The van der Waals surface area contributed by atoms with Gasteiger partial charge in [0.15, 0.2) is 6.10 Å². The van der Waals surface area contributed by atoms with Crippen LogP contribution in [0.4, 0.5) is 0 Å². The van der Waals surface area contributed by atoms with Gasteiger partial charge in [-0.25, -0.2) is 0 Å². The number of rotatable bonds is 54. The maximum atomic E-state index is 12.9. The third-order valence-electron chi connectivity index (χ3n) is 14.3. The van der Waals surface area contributed by atoms with Gasteiger partial charge >= 0.3 is 17.9 Å². The van der Waals surface area contributed by atoms with E-state index in [4.69, 9.17) is 14.2 Å². The van der Waals surface area contributed by atoms with E-state index in [-0.39, 0.29) is 31.1 Å². The van der Waals surface area contributed by atoms with E-state index in [9.17, 15) is 14.4 Å². The van der Waals surface area contributed by atoms with Gasteiger partial charge in [-0.1, -0.05) is 298 Å². The Bertz CT molecular complexity index is 1040. The predicted octanol–water partition coefficient (Wildman–Crippen LogP) is 19.9. The lowest BCUT2D eigenvalue weighted by atomic mass is 9.99. The molecule has 0 aliphatic heterocycles. The third-order valence-corrected chi connectivity index (χ3v) is 14.3. The zero-order valence-electron chi connectivity index (χ0n) is 46.2. The predicted molar refractivity (Wildman–Crippen MR) is 289 cm³/mol. The highest BCUT2D eigenvalue weighted by Crippen LogP contribution is 2.19. The first-order chi connectivity index (χ1) is 32.6. The normalized spacial score (nSPS) is 12.5. The lowest BCUT2D eigenvalue weighted by molar-refractivity contribution is -0.167. The molecular weight excluding hydrogens is 829 g/mol. The van der Waals surface area contributed by atoms with Gasteiger partial charge in [0.1, 0.15) is 13.2 Å². The summed E-state index contributed by atoms with van der Waals surface area (Å²) in [6.07, 6.45) is 55.3. The van der Waals surface area contributed by atoms with Crippen LogP contribution in [-0.4, -0.2) is 37.2 Å². The Morgan fingerprint density at radius 2 is 0.522 bits per heavy atom. The molecule has 67 heavy (non-hydrogen) atoms. The molecule has 0 aliphatic rings. The van der Waals surface area contributed by atoms with Crippen molar-refractivity contribution in [3.05, 3.63) is 0 Å². The fraction of sp³-hybridized carbons (Fsp3) is 0.951. The topological polar surface area (TPSA) is 78.9 Å². The second kappa shape index (κ2) is 52.2. The van der Waals surface area contributed by atoms with Gasteiger partial charge in [-0.05, 0) is 37.0 Å². The second-order valence-corrected chi connectivity index (χ2v) is 22.2. The van der Waals surface area contributed by atoms with E-state index in [0.717, 1.165) is 75.5 Å². The van der Waals surface area contributed by atoms with Gasteiger partial charge in [0, 0.05) is 19.3 Å². The van der Waals surface area contributed by atoms with Crippen LogP contribution in [0.3, 0.4) is 0 Å². The van der Waals surface area contributed by atoms with Crippen molar-refractivity contribution in [2.24, 2.45) is 17.8 Å². The molecule has 1 unspecified atom stereocenters. The van der Waals surface area contributed by atoms with Crippen molar-refractivity contribution in [1.29, 1.82) is 0 Å². The largest absolute Gasteiger partial charge is 0.462 e. The van der Waals surface area contributed by atoms with Crippen LogP contribution >= 0.6 is 0 Å². The van der Waals surface area contributed by atoms with Crippen LogP contribution < -0.4 is 0 Å². The van der Waals surface area contributed by atoms with Gasteiger partial charge in [-0.2, -0.15) is 0 Å². The zero-order valence-corrected chi connectivity index (χ0v) is 46.2. The summed E-state index contributed by atoms with van der Waals surface area (Å²) in [4.78, 5) is 38.1. The highest BCUT2D eigenvalue weighted by molar-refractivity contribution is 5.71. The van der Waals surface area contributed by atoms with E-state index in [1.54, 1.807) is 0 Å². The number of esters is 3. The minimum atomic E-state index is -0.764. The van der Waals surface area contributed by atoms with Crippen molar-refractivity contribution in [3.8, 4) is 0 Å². The molecule has 0 spiro atoms. The van der Waals surface area contributed by atoms with Gasteiger partial charge in [0.25, 0.3) is 0 Å². The van der Waals surface area contributed by atoms with Crippen LogP contribution in [0.2, 0.25) is 0 Å². The van der Waals surface area contributed by atoms with Crippen molar-refractivity contribution < 1.29 is 28.6 Å². The molecule has 0 rings (SSSR count). The molecule has 0 bridgehead atoms. The summed E-state index contributed by atoms with van der Waals surface area (Å²) in [7, 11) is 0. The summed E-state index contributed by atoms with van der Waals surface area (Å²) in [5, 5.41) is 0. The van der Waals surface area contributed by atoms with Gasteiger partial charge in [0.05, 0.1) is 0 Å². The van der Waals surface area contributed by atoms with Gasteiger partial charge in [-0.3, -0.25) is 14.4 Å². The van der Waals surface area contributed by atoms with Crippen molar-refractivity contribution >= 4 is 17.9 Å². The monoisotopic (exact) mass is 947 g/mol. The van der Waals surface area contributed by atoms with E-state index in [2.05, 4.69) is 41.5 Å². The molecule has 0 aromatic carbocycles. The minimum Gasteiger partial charge on any atom is -0.462 e. The van der Waals surface area contributed by atoms with E-state index >= 15 is 0 Å². The van der Waals surface area contributed by atoms with Crippen LogP contribution in [0.15, 0.2) is 0 Å². The first-order valence-electron chi connectivity index (χ1n) is 30.1. The smallest absolute Gasteiger partial charge is 0.306 e. The molecule has 0 saturated heterocycles. The second-order valence-electron chi connectivity index (χ2n) is 22.2. The van der Waals surface area contributed by atoms with Crippen molar-refractivity contribution in [1.82, 2.24) is 0 Å². The number of hydrogen-bond acceptors (Lipinski definition) is 6. The molecule has 2 atom stereocenters. The van der Waals surface area contributed by atoms with Gasteiger partial charge in [-0.15, -0.1) is 0 Å². The highest BCUT2D eigenvalue weighted by atomic mass is 16.6. The maximum absolute atomic E-state index is 12.9. The minimum absolute atomic E-state index is 0.0637. The van der Waals surface area contributed by atoms with E-state index < -0.39 is 6.10 Å². The molecule has 0 N–H and O–H groups in total.